The van der Waals surface area contributed by atoms with Crippen LogP contribution in [-0.2, 0) is 6.42 Å². The largest absolute Gasteiger partial charge is 0.497 e. The quantitative estimate of drug-likeness (QED) is 0.164. The van der Waals surface area contributed by atoms with Crippen molar-refractivity contribution >= 4 is 21.8 Å². The summed E-state index contributed by atoms with van der Waals surface area (Å²) in [5.41, 5.74) is 8.73. The number of hydrogen-bond acceptors (Lipinski definition) is 4. The molecule has 7 aromatic rings. The highest BCUT2D eigenvalue weighted by molar-refractivity contribution is 6.10. The van der Waals surface area contributed by atoms with Crippen molar-refractivity contribution in [1.29, 1.82) is 0 Å². The minimum Gasteiger partial charge on any atom is -0.497 e. The number of aromatic nitrogens is 4. The molecule has 3 heterocycles. The molecule has 0 spiro atoms. The lowest BCUT2D eigenvalue weighted by Crippen LogP contribution is -2.00. The number of methoxy groups -OCH3 is 1. The van der Waals surface area contributed by atoms with Gasteiger partial charge in [0.15, 0.2) is 0 Å². The smallest absolute Gasteiger partial charge is 0.137 e. The van der Waals surface area contributed by atoms with E-state index in [4.69, 9.17) is 19.6 Å². The predicted molar refractivity (Wildman–Crippen MR) is 187 cm³/mol. The van der Waals surface area contributed by atoms with E-state index < -0.39 is 0 Å². The number of nitrogens with zero attached hydrogens (tertiary/aromatic N) is 4. The molecule has 0 fully saturated rings. The van der Waals surface area contributed by atoms with Gasteiger partial charge < -0.3 is 9.47 Å². The number of pyridine rings is 1. The van der Waals surface area contributed by atoms with Gasteiger partial charge in [-0.3, -0.25) is 4.57 Å². The molecule has 0 atom stereocenters. The number of aryl methyl sites for hydroxylation is 2. The summed E-state index contributed by atoms with van der Waals surface area (Å²) in [5, 5.41) is 7.12. The van der Waals surface area contributed by atoms with Gasteiger partial charge in [-0.15, -0.1) is 0 Å². The molecule has 0 bridgehead atoms. The van der Waals surface area contributed by atoms with Gasteiger partial charge in [0.2, 0.25) is 0 Å². The second kappa shape index (κ2) is 12.2. The van der Waals surface area contributed by atoms with Crippen LogP contribution in [0.4, 0.5) is 0 Å². The number of hydrogen-bond donors (Lipinski definition) is 0. The van der Waals surface area contributed by atoms with Crippen molar-refractivity contribution in [1.82, 2.24) is 19.3 Å². The van der Waals surface area contributed by atoms with Crippen LogP contribution >= 0.6 is 0 Å². The Morgan fingerprint density at radius 1 is 0.739 bits per heavy atom. The average Bonchev–Trinajstić information content (AvgIpc) is 3.56. The zero-order chi connectivity index (χ0) is 31.8. The van der Waals surface area contributed by atoms with E-state index in [0.29, 0.717) is 5.92 Å². The van der Waals surface area contributed by atoms with Gasteiger partial charge in [-0.05, 0) is 98.3 Å². The maximum Gasteiger partial charge on any atom is 0.137 e. The molecule has 0 saturated heterocycles. The molecule has 0 aliphatic carbocycles. The van der Waals surface area contributed by atoms with Gasteiger partial charge in [0.1, 0.15) is 23.1 Å². The van der Waals surface area contributed by atoms with Crippen molar-refractivity contribution in [2.75, 3.05) is 7.11 Å². The first-order valence-electron chi connectivity index (χ1n) is 15.9. The summed E-state index contributed by atoms with van der Waals surface area (Å²) in [6, 6.07) is 35.3. The fourth-order valence-corrected chi connectivity index (χ4v) is 6.34. The Morgan fingerprint density at radius 3 is 2.35 bits per heavy atom. The van der Waals surface area contributed by atoms with E-state index in [2.05, 4.69) is 99.0 Å². The Hall–Kier alpha value is -5.36. The maximum atomic E-state index is 6.53. The van der Waals surface area contributed by atoms with Gasteiger partial charge in [0, 0.05) is 40.4 Å². The third-order valence-electron chi connectivity index (χ3n) is 8.65. The second-order valence-corrected chi connectivity index (χ2v) is 12.3. The van der Waals surface area contributed by atoms with Crippen LogP contribution in [0.5, 0.6) is 17.2 Å². The summed E-state index contributed by atoms with van der Waals surface area (Å²) in [5.74, 6) is 3.84. The fourth-order valence-electron chi connectivity index (χ4n) is 6.34. The molecule has 4 aromatic carbocycles. The molecule has 0 radical (unpaired) electrons. The molecule has 0 amide bonds. The molecule has 46 heavy (non-hydrogen) atoms. The van der Waals surface area contributed by atoms with Gasteiger partial charge in [-0.25, -0.2) is 9.67 Å². The summed E-state index contributed by atoms with van der Waals surface area (Å²) >= 11 is 0. The summed E-state index contributed by atoms with van der Waals surface area (Å²) < 4.78 is 16.4. The summed E-state index contributed by atoms with van der Waals surface area (Å²) in [6.07, 6.45) is 4.07. The van der Waals surface area contributed by atoms with Crippen molar-refractivity contribution in [2.24, 2.45) is 5.92 Å². The Bertz CT molecular complexity index is 2180. The molecule has 0 aliphatic rings. The summed E-state index contributed by atoms with van der Waals surface area (Å²) in [4.78, 5) is 4.83. The molecule has 0 saturated carbocycles. The molecule has 230 valence electrons. The number of rotatable bonds is 9. The lowest BCUT2D eigenvalue weighted by atomic mass is 10.0. The Kier molecular flexibility index (Phi) is 7.79. The van der Waals surface area contributed by atoms with E-state index in [1.165, 1.54) is 5.56 Å². The van der Waals surface area contributed by atoms with Gasteiger partial charge >= 0.3 is 0 Å². The van der Waals surface area contributed by atoms with Crippen LogP contribution in [0, 0.1) is 19.8 Å². The molecule has 0 aliphatic heterocycles. The lowest BCUT2D eigenvalue weighted by Gasteiger charge is -2.12. The molecule has 3 aromatic heterocycles. The molecular weight excluding hydrogens is 568 g/mol. The zero-order valence-corrected chi connectivity index (χ0v) is 27.0. The van der Waals surface area contributed by atoms with Crippen LogP contribution in [-0.4, -0.2) is 26.4 Å². The van der Waals surface area contributed by atoms with Gasteiger partial charge in [-0.1, -0.05) is 50.2 Å². The maximum absolute atomic E-state index is 6.53. The van der Waals surface area contributed by atoms with E-state index in [9.17, 15) is 0 Å². The van der Waals surface area contributed by atoms with Crippen molar-refractivity contribution in [3.63, 3.8) is 0 Å². The monoisotopic (exact) mass is 606 g/mol. The highest BCUT2D eigenvalue weighted by Gasteiger charge is 2.17. The molecular formula is C40H38N4O2. The van der Waals surface area contributed by atoms with E-state index >= 15 is 0 Å². The zero-order valence-electron chi connectivity index (χ0n) is 27.0. The third kappa shape index (κ3) is 5.51. The minimum atomic E-state index is 0.641. The summed E-state index contributed by atoms with van der Waals surface area (Å²) in [7, 11) is 1.70. The van der Waals surface area contributed by atoms with Crippen LogP contribution in [0.2, 0.25) is 0 Å². The molecule has 0 unspecified atom stereocenters. The highest BCUT2D eigenvalue weighted by Crippen LogP contribution is 2.37. The third-order valence-corrected chi connectivity index (χ3v) is 8.65. The topological polar surface area (TPSA) is 54.1 Å². The average molecular weight is 607 g/mol. The molecule has 6 heteroatoms. The van der Waals surface area contributed by atoms with Crippen LogP contribution < -0.4 is 9.47 Å². The van der Waals surface area contributed by atoms with E-state index in [0.717, 1.165) is 85.9 Å². The molecule has 6 nitrogen and oxygen atoms in total. The first-order valence-corrected chi connectivity index (χ1v) is 15.9. The highest BCUT2D eigenvalue weighted by atomic mass is 16.5. The first-order chi connectivity index (χ1) is 22.4. The number of benzene rings is 4. The van der Waals surface area contributed by atoms with E-state index in [1.807, 2.05) is 47.3 Å². The van der Waals surface area contributed by atoms with E-state index in [-0.39, 0.29) is 0 Å². The molecule has 7 rings (SSSR count). The fraction of sp³-hybridized carbons (Fsp3) is 0.200. The van der Waals surface area contributed by atoms with Gasteiger partial charge in [-0.2, -0.15) is 5.10 Å². The van der Waals surface area contributed by atoms with Crippen molar-refractivity contribution in [2.45, 2.75) is 40.5 Å². The SMILES string of the molecule is COc1ccc2c(c1)c1ccc(Oc3cccc(-n4nc(C)c(-c5ccccc5)c4C)c3)cc1n2-c1cc(CCC(C)C)ccn1. The second-order valence-electron chi connectivity index (χ2n) is 12.3. The first kappa shape index (κ1) is 29.4. The van der Waals surface area contributed by atoms with Gasteiger partial charge in [0.25, 0.3) is 0 Å². The Labute approximate surface area is 269 Å². The predicted octanol–water partition coefficient (Wildman–Crippen LogP) is 10.0. The number of ether oxygens (including phenoxy) is 2. The van der Waals surface area contributed by atoms with Crippen LogP contribution in [0.15, 0.2) is 109 Å². The van der Waals surface area contributed by atoms with Crippen molar-refractivity contribution < 1.29 is 9.47 Å². The van der Waals surface area contributed by atoms with Crippen LogP contribution in [0.1, 0.15) is 37.2 Å². The van der Waals surface area contributed by atoms with Crippen molar-refractivity contribution in [3.05, 3.63) is 126 Å². The van der Waals surface area contributed by atoms with E-state index in [1.54, 1.807) is 7.11 Å². The normalized spacial score (nSPS) is 11.5. The Balaban J connectivity index is 1.28. The lowest BCUT2D eigenvalue weighted by molar-refractivity contribution is 0.415. The standard InChI is InChI=1S/C40H38N4O2/c1-26(2)14-15-29-20-21-41-39(22-29)43-37-19-17-32(45-5)24-36(37)35-18-16-34(25-38(35)43)46-33-13-9-12-31(23-33)44-28(4)40(27(3)42-44)30-10-7-6-8-11-30/h6-13,16-26H,14-15H2,1-5H3. The van der Waals surface area contributed by atoms with Crippen molar-refractivity contribution in [3.8, 4) is 39.9 Å². The number of fused-ring (bicyclic) bond motifs is 3. The van der Waals surface area contributed by atoms with Crippen LogP contribution in [0.3, 0.4) is 0 Å². The van der Waals surface area contributed by atoms with Gasteiger partial charge in [0.05, 0.1) is 29.5 Å². The molecule has 0 N–H and O–H groups in total. The van der Waals surface area contributed by atoms with Crippen LogP contribution in [0.25, 0.3) is 44.4 Å². The summed E-state index contributed by atoms with van der Waals surface area (Å²) in [6.45, 7) is 8.70. The Morgan fingerprint density at radius 2 is 1.54 bits per heavy atom. The minimum absolute atomic E-state index is 0.641.